The average Bonchev–Trinajstić information content (AvgIpc) is 3.43. The summed E-state index contributed by atoms with van der Waals surface area (Å²) in [6, 6.07) is 16.0. The van der Waals surface area contributed by atoms with Crippen LogP contribution in [-0.2, 0) is 12.3 Å². The van der Waals surface area contributed by atoms with Crippen LogP contribution in [0.3, 0.4) is 0 Å². The highest BCUT2D eigenvalue weighted by atomic mass is 32.2. The minimum atomic E-state index is 0.529. The largest absolute Gasteiger partial charge is 0.493 e. The van der Waals surface area contributed by atoms with E-state index in [1.54, 1.807) is 32.2 Å². The number of thioether (sulfide) groups is 1. The third-order valence-corrected chi connectivity index (χ3v) is 6.99. The van der Waals surface area contributed by atoms with Gasteiger partial charge in [-0.05, 0) is 49.2 Å². The van der Waals surface area contributed by atoms with Crippen LogP contribution >= 0.6 is 11.8 Å². The maximum absolute atomic E-state index is 6.06. The molecule has 3 aromatic heterocycles. The monoisotopic (exact) mass is 486 g/mol. The molecule has 7 nitrogen and oxygen atoms in total. The van der Waals surface area contributed by atoms with Crippen molar-refractivity contribution in [3.8, 4) is 23.0 Å². The van der Waals surface area contributed by atoms with Gasteiger partial charge in [0.1, 0.15) is 11.5 Å². The van der Waals surface area contributed by atoms with Crippen LogP contribution in [0.25, 0.3) is 22.5 Å². The van der Waals surface area contributed by atoms with Crippen LogP contribution in [0.15, 0.2) is 70.5 Å². The molecule has 0 spiro atoms. The summed E-state index contributed by atoms with van der Waals surface area (Å²) >= 11 is 1.71. The van der Waals surface area contributed by atoms with Gasteiger partial charge in [0.25, 0.3) is 0 Å². The molecule has 0 N–H and O–H groups in total. The van der Waals surface area contributed by atoms with Gasteiger partial charge in [0.15, 0.2) is 16.7 Å². The highest BCUT2D eigenvalue weighted by molar-refractivity contribution is 7.98. The maximum atomic E-state index is 6.06. The topological polar surface area (TPSA) is 75.2 Å². The molecule has 0 saturated carbocycles. The van der Waals surface area contributed by atoms with E-state index in [1.165, 1.54) is 11.1 Å². The van der Waals surface area contributed by atoms with Crippen molar-refractivity contribution in [3.05, 3.63) is 83.5 Å². The fourth-order valence-corrected chi connectivity index (χ4v) is 5.03. The van der Waals surface area contributed by atoms with Gasteiger partial charge in [0, 0.05) is 17.5 Å². The van der Waals surface area contributed by atoms with Gasteiger partial charge in [0.2, 0.25) is 5.89 Å². The minimum Gasteiger partial charge on any atom is -0.493 e. The number of hydrogen-bond donors (Lipinski definition) is 0. The van der Waals surface area contributed by atoms with Crippen molar-refractivity contribution in [2.75, 3.05) is 14.2 Å². The lowest BCUT2D eigenvalue weighted by atomic mass is 10.1. The average molecular weight is 487 g/mol. The highest BCUT2D eigenvalue weighted by Gasteiger charge is 2.18. The number of imidazole rings is 1. The molecule has 0 bridgehead atoms. The quantitative estimate of drug-likeness (QED) is 0.247. The van der Waals surface area contributed by atoms with Gasteiger partial charge in [0.05, 0.1) is 38.0 Å². The Labute approximate surface area is 208 Å². The molecular weight excluding hydrogens is 460 g/mol. The number of hydrogen-bond acceptors (Lipinski definition) is 7. The summed E-state index contributed by atoms with van der Waals surface area (Å²) < 4.78 is 19.0. The Balaban J connectivity index is 1.47. The number of oxazole rings is 1. The van der Waals surface area contributed by atoms with E-state index in [0.717, 1.165) is 39.0 Å². The molecule has 0 fully saturated rings. The van der Waals surface area contributed by atoms with Gasteiger partial charge in [-0.3, -0.25) is 4.98 Å². The molecule has 0 radical (unpaired) electrons. The van der Waals surface area contributed by atoms with Gasteiger partial charge in [-0.1, -0.05) is 36.0 Å². The zero-order valence-corrected chi connectivity index (χ0v) is 20.9. The van der Waals surface area contributed by atoms with Crippen LogP contribution in [0.4, 0.5) is 0 Å². The molecule has 5 aromatic rings. The summed E-state index contributed by atoms with van der Waals surface area (Å²) in [7, 11) is 3.23. The number of fused-ring (bicyclic) bond motifs is 1. The molecular formula is C27H26N4O3S. The first-order valence-electron chi connectivity index (χ1n) is 11.2. The summed E-state index contributed by atoms with van der Waals surface area (Å²) in [5.74, 6) is 3.42. The zero-order valence-electron chi connectivity index (χ0n) is 20.1. The van der Waals surface area contributed by atoms with Crippen molar-refractivity contribution in [1.82, 2.24) is 19.5 Å². The summed E-state index contributed by atoms with van der Waals surface area (Å²) in [5, 5.41) is 0.923. The number of pyridine rings is 1. The molecule has 0 aliphatic carbocycles. The number of aryl methyl sites for hydroxylation is 2. The SMILES string of the molecule is COc1ccc(-c2nc(Cn3c(SCc4ccccc4C)nc4ccncc43)c(C)o2)cc1OC. The Kier molecular flexibility index (Phi) is 6.46. The van der Waals surface area contributed by atoms with E-state index in [9.17, 15) is 0 Å². The van der Waals surface area contributed by atoms with E-state index in [0.29, 0.717) is 23.9 Å². The second kappa shape index (κ2) is 9.84. The van der Waals surface area contributed by atoms with Crippen molar-refractivity contribution in [3.63, 3.8) is 0 Å². The fraction of sp³-hybridized carbons (Fsp3) is 0.222. The number of aromatic nitrogens is 4. The Bertz CT molecular complexity index is 1490. The number of ether oxygens (including phenoxy) is 2. The third-order valence-electron chi connectivity index (χ3n) is 5.96. The second-order valence-electron chi connectivity index (χ2n) is 8.15. The van der Waals surface area contributed by atoms with E-state index in [2.05, 4.69) is 40.7 Å². The van der Waals surface area contributed by atoms with E-state index < -0.39 is 0 Å². The normalized spacial score (nSPS) is 11.2. The zero-order chi connectivity index (χ0) is 24.4. The molecule has 3 heterocycles. The van der Waals surface area contributed by atoms with Crippen molar-refractivity contribution >= 4 is 22.8 Å². The van der Waals surface area contributed by atoms with Crippen LogP contribution in [0.1, 0.15) is 22.6 Å². The molecule has 0 aliphatic heterocycles. The minimum absolute atomic E-state index is 0.529. The number of benzene rings is 2. The molecule has 5 rings (SSSR count). The first-order valence-corrected chi connectivity index (χ1v) is 12.2. The van der Waals surface area contributed by atoms with Crippen molar-refractivity contribution in [2.24, 2.45) is 0 Å². The lowest BCUT2D eigenvalue weighted by molar-refractivity contribution is 0.355. The summed E-state index contributed by atoms with van der Waals surface area (Å²) in [6.07, 6.45) is 3.62. The van der Waals surface area contributed by atoms with E-state index in [-0.39, 0.29) is 0 Å². The summed E-state index contributed by atoms with van der Waals surface area (Å²) in [4.78, 5) is 14.0. The third kappa shape index (κ3) is 4.61. The van der Waals surface area contributed by atoms with Gasteiger partial charge < -0.3 is 18.5 Å². The smallest absolute Gasteiger partial charge is 0.226 e. The Morgan fingerprint density at radius 1 is 0.971 bits per heavy atom. The number of methoxy groups -OCH3 is 2. The summed E-state index contributed by atoms with van der Waals surface area (Å²) in [5.41, 5.74) is 6.11. The molecule has 0 aliphatic rings. The summed E-state index contributed by atoms with van der Waals surface area (Å²) in [6.45, 7) is 4.60. The van der Waals surface area contributed by atoms with Gasteiger partial charge in [-0.15, -0.1) is 0 Å². The van der Waals surface area contributed by atoms with Crippen molar-refractivity contribution in [1.29, 1.82) is 0 Å². The first-order chi connectivity index (χ1) is 17.1. The molecule has 2 aromatic carbocycles. The van der Waals surface area contributed by atoms with Gasteiger partial charge in [-0.2, -0.15) is 0 Å². The predicted molar refractivity (Wildman–Crippen MR) is 137 cm³/mol. The highest BCUT2D eigenvalue weighted by Crippen LogP contribution is 2.33. The van der Waals surface area contributed by atoms with Crippen molar-refractivity contribution in [2.45, 2.75) is 31.3 Å². The van der Waals surface area contributed by atoms with Crippen LogP contribution in [0.2, 0.25) is 0 Å². The van der Waals surface area contributed by atoms with Crippen LogP contribution in [-0.4, -0.2) is 33.7 Å². The van der Waals surface area contributed by atoms with E-state index in [1.807, 2.05) is 37.4 Å². The lowest BCUT2D eigenvalue weighted by Gasteiger charge is -2.09. The Morgan fingerprint density at radius 3 is 2.60 bits per heavy atom. The van der Waals surface area contributed by atoms with Crippen LogP contribution < -0.4 is 9.47 Å². The van der Waals surface area contributed by atoms with Crippen LogP contribution in [0, 0.1) is 13.8 Å². The van der Waals surface area contributed by atoms with E-state index in [4.69, 9.17) is 23.9 Å². The van der Waals surface area contributed by atoms with Crippen LogP contribution in [0.5, 0.6) is 11.5 Å². The fourth-order valence-electron chi connectivity index (χ4n) is 3.94. The molecule has 0 atom stereocenters. The predicted octanol–water partition coefficient (Wildman–Crippen LogP) is 6.06. The second-order valence-corrected chi connectivity index (χ2v) is 9.09. The standard InChI is InChI=1S/C27H26N4O3S/c1-17-7-5-6-8-20(17)16-35-27-30-21-11-12-28-14-23(21)31(27)15-22-18(2)34-26(29-22)19-9-10-24(32-3)25(13-19)33-4/h5-14H,15-16H2,1-4H3. The van der Waals surface area contributed by atoms with Gasteiger partial charge >= 0.3 is 0 Å². The molecule has 178 valence electrons. The maximum Gasteiger partial charge on any atom is 0.226 e. The Morgan fingerprint density at radius 2 is 1.80 bits per heavy atom. The molecule has 0 amide bonds. The molecule has 0 saturated heterocycles. The number of nitrogens with zero attached hydrogens (tertiary/aromatic N) is 4. The van der Waals surface area contributed by atoms with Gasteiger partial charge in [-0.25, -0.2) is 9.97 Å². The first kappa shape index (κ1) is 23.0. The molecule has 35 heavy (non-hydrogen) atoms. The Hall–Kier alpha value is -3.78. The van der Waals surface area contributed by atoms with E-state index >= 15 is 0 Å². The molecule has 8 heteroatoms. The molecule has 0 unspecified atom stereocenters. The lowest BCUT2D eigenvalue weighted by Crippen LogP contribution is -2.04. The van der Waals surface area contributed by atoms with Crippen molar-refractivity contribution < 1.29 is 13.9 Å². The number of rotatable bonds is 8.